The summed E-state index contributed by atoms with van der Waals surface area (Å²) in [5, 5.41) is 21.4. The molecular formula is C21H20FN5OS. The van der Waals surface area contributed by atoms with Gasteiger partial charge in [0.2, 0.25) is 5.13 Å². The summed E-state index contributed by atoms with van der Waals surface area (Å²) in [7, 11) is 0. The van der Waals surface area contributed by atoms with Crippen LogP contribution in [-0.4, -0.2) is 20.7 Å². The topological polar surface area (TPSA) is 83.6 Å². The highest BCUT2D eigenvalue weighted by molar-refractivity contribution is 7.15. The molecule has 0 atom stereocenters. The highest BCUT2D eigenvalue weighted by atomic mass is 32.1. The first-order valence-corrected chi connectivity index (χ1v) is 10.1. The molecule has 1 amide bonds. The number of aromatic nitrogens is 3. The monoisotopic (exact) mass is 409 g/mol. The smallest absolute Gasteiger partial charge is 0.268 e. The maximum atomic E-state index is 13.2. The zero-order chi connectivity index (χ0) is 20.6. The van der Waals surface area contributed by atoms with Crippen LogP contribution in [0.2, 0.25) is 0 Å². The van der Waals surface area contributed by atoms with E-state index in [4.69, 9.17) is 0 Å². The van der Waals surface area contributed by atoms with E-state index >= 15 is 0 Å². The number of hydrogen-bond acceptors (Lipinski definition) is 5. The fourth-order valence-corrected chi connectivity index (χ4v) is 3.52. The quantitative estimate of drug-likeness (QED) is 0.331. The lowest BCUT2D eigenvalue weighted by Gasteiger charge is -2.07. The molecule has 0 aliphatic rings. The number of carbonyl (C=O) groups excluding carboxylic acids is 1. The van der Waals surface area contributed by atoms with Crippen LogP contribution in [0.25, 0.3) is 11.8 Å². The number of rotatable bonds is 8. The van der Waals surface area contributed by atoms with Crippen molar-refractivity contribution >= 4 is 28.5 Å². The maximum absolute atomic E-state index is 13.2. The van der Waals surface area contributed by atoms with Gasteiger partial charge in [0.15, 0.2) is 0 Å². The Morgan fingerprint density at radius 1 is 1.28 bits per heavy atom. The lowest BCUT2D eigenvalue weighted by atomic mass is 10.2. The summed E-state index contributed by atoms with van der Waals surface area (Å²) >= 11 is 1.32. The second-order valence-corrected chi connectivity index (χ2v) is 7.42. The minimum absolute atomic E-state index is 0.0604. The third-order valence-corrected chi connectivity index (χ3v) is 5.12. The van der Waals surface area contributed by atoms with Gasteiger partial charge in [-0.25, -0.2) is 4.39 Å². The van der Waals surface area contributed by atoms with Crippen molar-refractivity contribution in [3.63, 3.8) is 0 Å². The fraction of sp³-hybridized carbons (Fsp3) is 0.238. The third kappa shape index (κ3) is 5.36. The Hall–Kier alpha value is -3.31. The van der Waals surface area contributed by atoms with Gasteiger partial charge < -0.3 is 4.57 Å². The first-order valence-electron chi connectivity index (χ1n) is 9.29. The summed E-state index contributed by atoms with van der Waals surface area (Å²) in [5.41, 5.74) is 1.29. The van der Waals surface area contributed by atoms with Gasteiger partial charge in [-0.1, -0.05) is 31.1 Å². The molecule has 3 aromatic rings. The molecule has 1 aromatic carbocycles. The minimum Gasteiger partial charge on any atom is -0.317 e. The molecule has 0 bridgehead atoms. The number of nitrogens with zero attached hydrogens (tertiary/aromatic N) is 4. The van der Waals surface area contributed by atoms with Crippen LogP contribution in [0.5, 0.6) is 0 Å². The highest BCUT2D eigenvalue weighted by Gasteiger charge is 2.14. The number of nitrogens with one attached hydrogen (secondary N) is 1. The van der Waals surface area contributed by atoms with Gasteiger partial charge in [-0.05, 0) is 48.9 Å². The molecule has 2 aromatic heterocycles. The Kier molecular flexibility index (Phi) is 6.87. The Balaban J connectivity index is 1.74. The molecule has 0 unspecified atom stereocenters. The molecule has 0 saturated heterocycles. The molecule has 6 nitrogen and oxygen atoms in total. The second kappa shape index (κ2) is 9.75. The van der Waals surface area contributed by atoms with Crippen molar-refractivity contribution in [2.45, 2.75) is 32.6 Å². The van der Waals surface area contributed by atoms with Crippen LogP contribution >= 0.6 is 11.3 Å². The predicted molar refractivity (Wildman–Crippen MR) is 111 cm³/mol. The maximum Gasteiger partial charge on any atom is 0.268 e. The number of nitriles is 1. The molecular weight excluding hydrogens is 389 g/mol. The lowest BCUT2D eigenvalue weighted by Crippen LogP contribution is -2.13. The number of benzene rings is 1. The van der Waals surface area contributed by atoms with E-state index in [2.05, 4.69) is 22.4 Å². The lowest BCUT2D eigenvalue weighted by molar-refractivity contribution is -0.112. The first kappa shape index (κ1) is 20.4. The van der Waals surface area contributed by atoms with Crippen molar-refractivity contribution in [3.05, 3.63) is 64.7 Å². The van der Waals surface area contributed by atoms with Crippen molar-refractivity contribution in [1.82, 2.24) is 14.8 Å². The van der Waals surface area contributed by atoms with Crippen LogP contribution in [0.15, 0.2) is 48.2 Å². The number of carbonyl (C=O) groups is 1. The van der Waals surface area contributed by atoms with Gasteiger partial charge >= 0.3 is 0 Å². The Morgan fingerprint density at radius 2 is 2.07 bits per heavy atom. The summed E-state index contributed by atoms with van der Waals surface area (Å²) in [4.78, 5) is 12.5. The van der Waals surface area contributed by atoms with Gasteiger partial charge in [0, 0.05) is 24.0 Å². The van der Waals surface area contributed by atoms with Crippen LogP contribution < -0.4 is 5.32 Å². The molecule has 3 rings (SSSR count). The summed E-state index contributed by atoms with van der Waals surface area (Å²) in [6.07, 6.45) is 7.37. The van der Waals surface area contributed by atoms with Gasteiger partial charge in [-0.3, -0.25) is 10.1 Å². The summed E-state index contributed by atoms with van der Waals surface area (Å²) in [6, 6.07) is 11.4. The number of aryl methyl sites for hydroxylation is 1. The van der Waals surface area contributed by atoms with Gasteiger partial charge in [-0.15, -0.1) is 10.2 Å². The van der Waals surface area contributed by atoms with Crippen molar-refractivity contribution in [2.75, 3.05) is 5.32 Å². The normalized spacial score (nSPS) is 11.3. The van der Waals surface area contributed by atoms with E-state index < -0.39 is 5.91 Å². The zero-order valence-electron chi connectivity index (χ0n) is 15.9. The van der Waals surface area contributed by atoms with Gasteiger partial charge in [0.05, 0.1) is 0 Å². The first-order chi connectivity index (χ1) is 14.1. The molecule has 0 fully saturated rings. The number of anilines is 1. The van der Waals surface area contributed by atoms with Crippen LogP contribution in [0.1, 0.15) is 36.9 Å². The molecule has 0 aliphatic heterocycles. The average molecular weight is 409 g/mol. The SMILES string of the molecule is CCCCCc1nnc(NC(=O)/C(C#N)=C\c2cccn2-c2ccc(F)cc2)s1. The molecule has 8 heteroatoms. The average Bonchev–Trinajstić information content (AvgIpc) is 3.36. The van der Waals surface area contributed by atoms with E-state index in [1.54, 1.807) is 35.0 Å². The van der Waals surface area contributed by atoms with E-state index in [-0.39, 0.29) is 11.4 Å². The van der Waals surface area contributed by atoms with Crippen molar-refractivity contribution < 1.29 is 9.18 Å². The van der Waals surface area contributed by atoms with Crippen LogP contribution in [0.4, 0.5) is 9.52 Å². The van der Waals surface area contributed by atoms with E-state index in [0.29, 0.717) is 10.8 Å². The van der Waals surface area contributed by atoms with Crippen molar-refractivity contribution in [2.24, 2.45) is 0 Å². The van der Waals surface area contributed by atoms with Gasteiger partial charge in [0.1, 0.15) is 22.5 Å². The summed E-state index contributed by atoms with van der Waals surface area (Å²) in [5.74, 6) is -0.878. The second-order valence-electron chi connectivity index (χ2n) is 6.36. The zero-order valence-corrected chi connectivity index (χ0v) is 16.7. The highest BCUT2D eigenvalue weighted by Crippen LogP contribution is 2.20. The Bertz CT molecular complexity index is 1050. The summed E-state index contributed by atoms with van der Waals surface area (Å²) < 4.78 is 14.9. The fourth-order valence-electron chi connectivity index (χ4n) is 2.74. The molecule has 0 radical (unpaired) electrons. The largest absolute Gasteiger partial charge is 0.317 e. The van der Waals surface area contributed by atoms with Crippen LogP contribution in [-0.2, 0) is 11.2 Å². The van der Waals surface area contributed by atoms with Crippen LogP contribution in [0.3, 0.4) is 0 Å². The van der Waals surface area contributed by atoms with E-state index in [9.17, 15) is 14.4 Å². The van der Waals surface area contributed by atoms with Gasteiger partial charge in [-0.2, -0.15) is 5.26 Å². The van der Waals surface area contributed by atoms with Gasteiger partial charge in [0.25, 0.3) is 5.91 Å². The van der Waals surface area contributed by atoms with E-state index in [1.807, 2.05) is 6.07 Å². The van der Waals surface area contributed by atoms with Crippen LogP contribution in [0, 0.1) is 17.1 Å². The minimum atomic E-state index is -0.546. The molecule has 0 spiro atoms. The predicted octanol–water partition coefficient (Wildman–Crippen LogP) is 4.75. The molecule has 29 heavy (non-hydrogen) atoms. The molecule has 0 saturated carbocycles. The van der Waals surface area contributed by atoms with E-state index in [1.165, 1.54) is 29.5 Å². The standard InChI is InChI=1S/C21H20FN5OS/c1-2-3-4-7-19-25-26-21(29-19)24-20(28)15(14-23)13-18-6-5-12-27(18)17-10-8-16(22)9-11-17/h5-6,8-13H,2-4,7H2,1H3,(H,24,26,28)/b15-13-. The van der Waals surface area contributed by atoms with Crippen molar-refractivity contribution in [1.29, 1.82) is 5.26 Å². The Labute approximate surface area is 172 Å². The number of halogens is 1. The molecule has 148 valence electrons. The molecule has 2 heterocycles. The number of unbranched alkanes of at least 4 members (excludes halogenated alkanes) is 2. The third-order valence-electron chi connectivity index (χ3n) is 4.22. The molecule has 0 aliphatic carbocycles. The summed E-state index contributed by atoms with van der Waals surface area (Å²) in [6.45, 7) is 2.13. The van der Waals surface area contributed by atoms with E-state index in [0.717, 1.165) is 36.4 Å². The van der Waals surface area contributed by atoms with Crippen molar-refractivity contribution in [3.8, 4) is 11.8 Å². The number of hydrogen-bond donors (Lipinski definition) is 1. The molecule has 1 N–H and O–H groups in total. The number of amides is 1. The Morgan fingerprint density at radius 3 is 2.79 bits per heavy atom.